The summed E-state index contributed by atoms with van der Waals surface area (Å²) in [6.45, 7) is 7.98. The lowest BCUT2D eigenvalue weighted by atomic mass is 10.0. The first-order valence-corrected chi connectivity index (χ1v) is 7.17. The van der Waals surface area contributed by atoms with Crippen LogP contribution in [0.2, 0.25) is 0 Å². The number of methoxy groups -OCH3 is 1. The fraction of sp³-hybridized carbons (Fsp3) is 1.00. The van der Waals surface area contributed by atoms with Gasteiger partial charge in [-0.05, 0) is 12.3 Å². The molecule has 0 spiro atoms. The molecule has 0 aromatic rings. The molecular weight excluding hydrogens is 210 g/mol. The van der Waals surface area contributed by atoms with Crippen molar-refractivity contribution in [1.29, 1.82) is 0 Å². The van der Waals surface area contributed by atoms with Crippen molar-refractivity contribution in [3.8, 4) is 0 Å². The van der Waals surface area contributed by atoms with Crippen LogP contribution >= 0.6 is 0 Å². The van der Waals surface area contributed by atoms with Gasteiger partial charge in [-0.25, -0.2) is 0 Å². The smallest absolute Gasteiger partial charge is 0.0477 e. The van der Waals surface area contributed by atoms with Crippen LogP contribution in [0.4, 0.5) is 0 Å². The molecule has 0 radical (unpaired) electrons. The average Bonchev–Trinajstić information content (AvgIpc) is 2.22. The van der Waals surface area contributed by atoms with Crippen LogP contribution in [-0.4, -0.2) is 42.0 Å². The molecule has 0 aliphatic rings. The molecule has 0 saturated heterocycles. The van der Waals surface area contributed by atoms with Gasteiger partial charge in [0.25, 0.3) is 0 Å². The van der Waals surface area contributed by atoms with E-state index in [-0.39, 0.29) is 0 Å². The minimum Gasteiger partial charge on any atom is -0.385 e. The molecule has 4 heteroatoms. The number of hydrogen-bond donors (Lipinski definition) is 1. The summed E-state index contributed by atoms with van der Waals surface area (Å²) in [4.78, 5) is 0. The van der Waals surface area contributed by atoms with E-state index in [2.05, 4.69) is 19.2 Å². The average molecular weight is 235 g/mol. The maximum absolute atomic E-state index is 11.2. The fourth-order valence-corrected chi connectivity index (χ4v) is 2.05. The van der Waals surface area contributed by atoms with Crippen LogP contribution in [0.5, 0.6) is 0 Å². The van der Waals surface area contributed by atoms with Crippen molar-refractivity contribution in [1.82, 2.24) is 5.32 Å². The Balaban J connectivity index is 3.70. The molecule has 92 valence electrons. The first-order valence-electron chi connectivity index (χ1n) is 5.69. The highest BCUT2D eigenvalue weighted by Gasteiger charge is 2.12. The molecule has 0 bridgehead atoms. The molecule has 0 heterocycles. The molecule has 2 atom stereocenters. The van der Waals surface area contributed by atoms with E-state index >= 15 is 0 Å². The van der Waals surface area contributed by atoms with E-state index < -0.39 is 10.8 Å². The zero-order valence-electron chi connectivity index (χ0n) is 10.4. The third kappa shape index (κ3) is 7.94. The zero-order valence-corrected chi connectivity index (χ0v) is 11.2. The zero-order chi connectivity index (χ0) is 11.7. The van der Waals surface area contributed by atoms with E-state index in [0.29, 0.717) is 12.0 Å². The quantitative estimate of drug-likeness (QED) is 0.656. The third-order valence-electron chi connectivity index (χ3n) is 2.50. The second-order valence-electron chi connectivity index (χ2n) is 4.02. The largest absolute Gasteiger partial charge is 0.385 e. The maximum atomic E-state index is 11.2. The highest BCUT2D eigenvalue weighted by molar-refractivity contribution is 7.84. The Morgan fingerprint density at radius 2 is 2.07 bits per heavy atom. The highest BCUT2D eigenvalue weighted by Crippen LogP contribution is 2.05. The molecule has 15 heavy (non-hydrogen) atoms. The van der Waals surface area contributed by atoms with Gasteiger partial charge in [0.05, 0.1) is 0 Å². The number of ether oxygens (including phenoxy) is 1. The van der Waals surface area contributed by atoms with Gasteiger partial charge in [0.1, 0.15) is 0 Å². The Labute approximate surface area is 96.4 Å². The molecule has 0 aliphatic heterocycles. The summed E-state index contributed by atoms with van der Waals surface area (Å²) in [7, 11) is 1.07. The van der Waals surface area contributed by atoms with Gasteiger partial charge in [-0.2, -0.15) is 0 Å². The molecule has 3 nitrogen and oxygen atoms in total. The van der Waals surface area contributed by atoms with E-state index in [9.17, 15) is 4.21 Å². The third-order valence-corrected chi connectivity index (χ3v) is 3.80. The van der Waals surface area contributed by atoms with Crippen LogP contribution in [-0.2, 0) is 15.5 Å². The molecule has 1 N–H and O–H groups in total. The van der Waals surface area contributed by atoms with Crippen LogP contribution in [0.3, 0.4) is 0 Å². The van der Waals surface area contributed by atoms with Gasteiger partial charge in [-0.3, -0.25) is 4.21 Å². The fourth-order valence-electron chi connectivity index (χ4n) is 1.42. The summed E-state index contributed by atoms with van der Waals surface area (Å²) in [5.41, 5.74) is 0. The predicted octanol–water partition coefficient (Wildman–Crippen LogP) is 1.41. The number of nitrogens with one attached hydrogen (secondary N) is 1. The lowest BCUT2D eigenvalue weighted by Crippen LogP contribution is -2.37. The predicted molar refractivity (Wildman–Crippen MR) is 66.7 cm³/mol. The van der Waals surface area contributed by atoms with Gasteiger partial charge in [-0.1, -0.05) is 20.8 Å². The molecule has 2 unspecified atom stereocenters. The lowest BCUT2D eigenvalue weighted by Gasteiger charge is -2.21. The minimum atomic E-state index is -0.656. The molecular formula is C11H25NO2S. The lowest BCUT2D eigenvalue weighted by molar-refractivity contribution is 0.174. The van der Waals surface area contributed by atoms with E-state index in [0.717, 1.165) is 31.1 Å². The molecule has 0 aliphatic carbocycles. The summed E-state index contributed by atoms with van der Waals surface area (Å²) in [5, 5.41) is 3.45. The normalized spacial score (nSPS) is 15.5. The monoisotopic (exact) mass is 235 g/mol. The van der Waals surface area contributed by atoms with Gasteiger partial charge < -0.3 is 10.1 Å². The van der Waals surface area contributed by atoms with Gasteiger partial charge in [-0.15, -0.1) is 0 Å². The number of hydrogen-bond acceptors (Lipinski definition) is 3. The Morgan fingerprint density at radius 3 is 2.53 bits per heavy atom. The van der Waals surface area contributed by atoms with E-state index in [1.54, 1.807) is 7.11 Å². The van der Waals surface area contributed by atoms with Crippen molar-refractivity contribution in [2.45, 2.75) is 33.2 Å². The Kier molecular flexibility index (Phi) is 9.35. The first kappa shape index (κ1) is 15.1. The van der Waals surface area contributed by atoms with Crippen LogP contribution in [0.15, 0.2) is 0 Å². The van der Waals surface area contributed by atoms with Crippen molar-refractivity contribution in [3.63, 3.8) is 0 Å². The topological polar surface area (TPSA) is 38.3 Å². The van der Waals surface area contributed by atoms with Crippen molar-refractivity contribution in [2.24, 2.45) is 5.92 Å². The van der Waals surface area contributed by atoms with Crippen molar-refractivity contribution < 1.29 is 8.95 Å². The Morgan fingerprint density at radius 1 is 1.40 bits per heavy atom. The summed E-state index contributed by atoms with van der Waals surface area (Å²) < 4.78 is 16.3. The molecule has 0 saturated carbocycles. The second kappa shape index (κ2) is 9.31. The van der Waals surface area contributed by atoms with Crippen LogP contribution in [0.1, 0.15) is 27.2 Å². The Bertz CT molecular complexity index is 174. The molecule has 0 fully saturated rings. The maximum Gasteiger partial charge on any atom is 0.0477 e. The highest BCUT2D eigenvalue weighted by atomic mass is 32.2. The summed E-state index contributed by atoms with van der Waals surface area (Å²) in [5.74, 6) is 2.11. The first-order chi connectivity index (χ1) is 7.11. The second-order valence-corrected chi connectivity index (χ2v) is 5.88. The van der Waals surface area contributed by atoms with Crippen LogP contribution in [0, 0.1) is 5.92 Å². The summed E-state index contributed by atoms with van der Waals surface area (Å²) in [6.07, 6.45) is 1.02. The minimum absolute atomic E-state index is 0.471. The number of rotatable bonds is 9. The van der Waals surface area contributed by atoms with Crippen molar-refractivity contribution in [2.75, 3.05) is 31.8 Å². The van der Waals surface area contributed by atoms with Crippen molar-refractivity contribution >= 4 is 10.8 Å². The SMILES string of the molecule is CCS(=O)CCNC(CCOC)C(C)C. The Hall–Kier alpha value is 0.0700. The molecule has 0 aromatic heterocycles. The van der Waals surface area contributed by atoms with Crippen LogP contribution in [0.25, 0.3) is 0 Å². The van der Waals surface area contributed by atoms with Crippen molar-refractivity contribution in [3.05, 3.63) is 0 Å². The van der Waals surface area contributed by atoms with Gasteiger partial charge in [0, 0.05) is 48.6 Å². The summed E-state index contributed by atoms with van der Waals surface area (Å²) >= 11 is 0. The van der Waals surface area contributed by atoms with Crippen LogP contribution < -0.4 is 5.32 Å². The van der Waals surface area contributed by atoms with E-state index in [1.807, 2.05) is 6.92 Å². The van der Waals surface area contributed by atoms with Gasteiger partial charge >= 0.3 is 0 Å². The molecule has 0 amide bonds. The molecule has 0 rings (SSSR count). The van der Waals surface area contributed by atoms with E-state index in [4.69, 9.17) is 4.74 Å². The van der Waals surface area contributed by atoms with Gasteiger partial charge in [0.15, 0.2) is 0 Å². The molecule has 0 aromatic carbocycles. The van der Waals surface area contributed by atoms with E-state index in [1.165, 1.54) is 0 Å². The van der Waals surface area contributed by atoms with Gasteiger partial charge in [0.2, 0.25) is 0 Å². The summed E-state index contributed by atoms with van der Waals surface area (Å²) in [6, 6.07) is 0.471. The standard InChI is InChI=1S/C11H25NO2S/c1-5-15(13)9-7-12-11(10(2)3)6-8-14-4/h10-12H,5-9H2,1-4H3.